The highest BCUT2D eigenvalue weighted by Crippen LogP contribution is 2.19. The fraction of sp³-hybridized carbons (Fsp3) is 0.385. The van der Waals surface area contributed by atoms with E-state index in [0.29, 0.717) is 26.2 Å². The van der Waals surface area contributed by atoms with E-state index in [-0.39, 0.29) is 12.1 Å². The van der Waals surface area contributed by atoms with Crippen LogP contribution in [0.5, 0.6) is 11.5 Å². The van der Waals surface area contributed by atoms with Gasteiger partial charge in [-0.15, -0.1) is 0 Å². The van der Waals surface area contributed by atoms with Crippen LogP contribution in [0.4, 0.5) is 4.79 Å². The molecule has 0 unspecified atom stereocenters. The molecule has 0 bridgehead atoms. The minimum Gasteiger partial charge on any atom is -0.494 e. The lowest BCUT2D eigenvalue weighted by Crippen LogP contribution is -2.40. The highest BCUT2D eigenvalue weighted by molar-refractivity contribution is 5.74. The lowest BCUT2D eigenvalue weighted by molar-refractivity contribution is 0.192. The monoisotopic (exact) mass is 450 g/mol. The molecule has 33 heavy (non-hydrogen) atoms. The smallest absolute Gasteiger partial charge is 0.317 e. The fourth-order valence-electron chi connectivity index (χ4n) is 3.50. The summed E-state index contributed by atoms with van der Waals surface area (Å²) in [5, 5.41) is 3.07. The van der Waals surface area contributed by atoms with Gasteiger partial charge in [0.15, 0.2) is 0 Å². The maximum Gasteiger partial charge on any atom is 0.317 e. The number of urea groups is 1. The van der Waals surface area contributed by atoms with E-state index in [2.05, 4.69) is 10.3 Å². The average Bonchev–Trinajstić information content (AvgIpc) is 3.32. The average molecular weight is 451 g/mol. The minimum atomic E-state index is -0.103. The van der Waals surface area contributed by atoms with Crippen molar-refractivity contribution in [3.05, 3.63) is 78.4 Å². The Balaban J connectivity index is 1.64. The van der Waals surface area contributed by atoms with Gasteiger partial charge in [-0.05, 0) is 51.0 Å². The number of aryl methyl sites for hydroxylation is 1. The van der Waals surface area contributed by atoms with Gasteiger partial charge in [-0.3, -0.25) is 0 Å². The lowest BCUT2D eigenvalue weighted by atomic mass is 10.2. The van der Waals surface area contributed by atoms with E-state index in [0.717, 1.165) is 35.6 Å². The van der Waals surface area contributed by atoms with Gasteiger partial charge in [-0.2, -0.15) is 0 Å². The van der Waals surface area contributed by atoms with Crippen LogP contribution in [0, 0.1) is 0 Å². The van der Waals surface area contributed by atoms with Crippen LogP contribution in [-0.4, -0.2) is 39.7 Å². The first-order valence-corrected chi connectivity index (χ1v) is 11.5. The van der Waals surface area contributed by atoms with Crippen molar-refractivity contribution < 1.29 is 14.3 Å². The Bertz CT molecular complexity index is 971. The van der Waals surface area contributed by atoms with Gasteiger partial charge in [0.25, 0.3) is 0 Å². The van der Waals surface area contributed by atoms with Crippen LogP contribution < -0.4 is 14.8 Å². The van der Waals surface area contributed by atoms with Crippen molar-refractivity contribution in [1.29, 1.82) is 0 Å². The molecule has 176 valence electrons. The molecule has 2 amide bonds. The topological polar surface area (TPSA) is 68.6 Å². The van der Waals surface area contributed by atoms with Crippen molar-refractivity contribution >= 4 is 6.03 Å². The SMILES string of the molecule is CCOc1ccc(CN(CCCn2ccnc2)C(=O)NCc2ccccc2OC(C)C)cc1. The molecule has 2 aromatic carbocycles. The second-order valence-corrected chi connectivity index (χ2v) is 8.09. The maximum atomic E-state index is 13.1. The molecular weight excluding hydrogens is 416 g/mol. The Morgan fingerprint density at radius 3 is 2.64 bits per heavy atom. The van der Waals surface area contributed by atoms with Crippen molar-refractivity contribution in [3.63, 3.8) is 0 Å². The number of nitrogens with zero attached hydrogens (tertiary/aromatic N) is 3. The van der Waals surface area contributed by atoms with Gasteiger partial charge in [-0.1, -0.05) is 30.3 Å². The standard InChI is InChI=1S/C26H34N4O3/c1-4-32-24-12-10-22(11-13-24)19-30(16-7-15-29-17-14-27-20-29)26(31)28-18-23-8-5-6-9-25(23)33-21(2)3/h5-6,8-14,17,20-21H,4,7,15-16,18-19H2,1-3H3,(H,28,31). The van der Waals surface area contributed by atoms with Gasteiger partial charge in [0.05, 0.1) is 19.0 Å². The third kappa shape index (κ3) is 7.86. The van der Waals surface area contributed by atoms with E-state index in [1.165, 1.54) is 0 Å². The largest absolute Gasteiger partial charge is 0.494 e. The third-order valence-electron chi connectivity index (χ3n) is 5.06. The molecule has 7 heteroatoms. The van der Waals surface area contributed by atoms with Crippen molar-refractivity contribution in [2.75, 3.05) is 13.2 Å². The van der Waals surface area contributed by atoms with Crippen molar-refractivity contribution in [3.8, 4) is 11.5 Å². The zero-order chi connectivity index (χ0) is 23.5. The van der Waals surface area contributed by atoms with E-state index in [1.807, 2.05) is 85.0 Å². The number of ether oxygens (including phenoxy) is 2. The maximum absolute atomic E-state index is 13.1. The number of imidazole rings is 1. The summed E-state index contributed by atoms with van der Waals surface area (Å²) in [5.74, 6) is 1.63. The molecule has 3 aromatic rings. The Hall–Kier alpha value is -3.48. The molecule has 0 aliphatic rings. The number of rotatable bonds is 12. The zero-order valence-electron chi connectivity index (χ0n) is 19.7. The molecule has 0 aliphatic heterocycles. The van der Waals surface area contributed by atoms with Crippen LogP contribution in [0.25, 0.3) is 0 Å². The predicted molar refractivity (Wildman–Crippen MR) is 129 cm³/mol. The first-order chi connectivity index (χ1) is 16.0. The number of benzene rings is 2. The number of hydrogen-bond donors (Lipinski definition) is 1. The number of para-hydroxylation sites is 1. The lowest BCUT2D eigenvalue weighted by Gasteiger charge is -2.24. The van der Waals surface area contributed by atoms with Gasteiger partial charge in [0, 0.05) is 44.1 Å². The molecule has 1 heterocycles. The van der Waals surface area contributed by atoms with Crippen LogP contribution in [0.3, 0.4) is 0 Å². The molecule has 1 N–H and O–H groups in total. The molecule has 0 aliphatic carbocycles. The molecule has 0 fully saturated rings. The number of carbonyl (C=O) groups is 1. The predicted octanol–water partition coefficient (Wildman–Crippen LogP) is 4.87. The second kappa shape index (κ2) is 12.5. The molecule has 0 radical (unpaired) electrons. The summed E-state index contributed by atoms with van der Waals surface area (Å²) in [6.45, 7) is 8.94. The van der Waals surface area contributed by atoms with Gasteiger partial charge in [0.1, 0.15) is 11.5 Å². The summed E-state index contributed by atoms with van der Waals surface area (Å²) in [7, 11) is 0. The van der Waals surface area contributed by atoms with Gasteiger partial charge in [0.2, 0.25) is 0 Å². The van der Waals surface area contributed by atoms with Crippen molar-refractivity contribution in [2.45, 2.75) is 52.9 Å². The van der Waals surface area contributed by atoms with Crippen LogP contribution in [0.2, 0.25) is 0 Å². The molecule has 0 atom stereocenters. The Kier molecular flexibility index (Phi) is 9.18. The summed E-state index contributed by atoms with van der Waals surface area (Å²) in [6.07, 6.45) is 6.39. The van der Waals surface area contributed by atoms with E-state index >= 15 is 0 Å². The Labute approximate surface area is 196 Å². The Morgan fingerprint density at radius 2 is 1.94 bits per heavy atom. The van der Waals surface area contributed by atoms with E-state index in [9.17, 15) is 4.79 Å². The first-order valence-electron chi connectivity index (χ1n) is 11.5. The molecule has 1 aromatic heterocycles. The first kappa shape index (κ1) is 24.2. The van der Waals surface area contributed by atoms with Crippen LogP contribution in [0.15, 0.2) is 67.3 Å². The molecule has 0 spiro atoms. The quantitative estimate of drug-likeness (QED) is 0.427. The summed E-state index contributed by atoms with van der Waals surface area (Å²) >= 11 is 0. The Morgan fingerprint density at radius 1 is 1.15 bits per heavy atom. The molecule has 0 saturated heterocycles. The number of nitrogens with one attached hydrogen (secondary N) is 1. The van der Waals surface area contributed by atoms with E-state index in [1.54, 1.807) is 12.5 Å². The van der Waals surface area contributed by atoms with Crippen LogP contribution in [0.1, 0.15) is 38.3 Å². The molecule has 0 saturated carbocycles. The second-order valence-electron chi connectivity index (χ2n) is 8.09. The third-order valence-corrected chi connectivity index (χ3v) is 5.06. The molecule has 7 nitrogen and oxygen atoms in total. The van der Waals surface area contributed by atoms with E-state index < -0.39 is 0 Å². The van der Waals surface area contributed by atoms with Gasteiger partial charge >= 0.3 is 6.03 Å². The number of carbonyl (C=O) groups excluding carboxylic acids is 1. The summed E-state index contributed by atoms with van der Waals surface area (Å²) < 4.78 is 13.4. The number of aromatic nitrogens is 2. The van der Waals surface area contributed by atoms with Crippen LogP contribution in [-0.2, 0) is 19.6 Å². The van der Waals surface area contributed by atoms with Gasteiger partial charge in [-0.25, -0.2) is 9.78 Å². The van der Waals surface area contributed by atoms with E-state index in [4.69, 9.17) is 9.47 Å². The van der Waals surface area contributed by atoms with Crippen LogP contribution >= 0.6 is 0 Å². The molecular formula is C26H34N4O3. The minimum absolute atomic E-state index is 0.0705. The normalized spacial score (nSPS) is 10.8. The highest BCUT2D eigenvalue weighted by atomic mass is 16.5. The summed E-state index contributed by atoms with van der Waals surface area (Å²) in [4.78, 5) is 19.1. The highest BCUT2D eigenvalue weighted by Gasteiger charge is 2.15. The fourth-order valence-corrected chi connectivity index (χ4v) is 3.50. The van der Waals surface area contributed by atoms with Crippen molar-refractivity contribution in [2.24, 2.45) is 0 Å². The zero-order valence-corrected chi connectivity index (χ0v) is 19.7. The van der Waals surface area contributed by atoms with Crippen molar-refractivity contribution in [1.82, 2.24) is 19.8 Å². The number of hydrogen-bond acceptors (Lipinski definition) is 4. The summed E-state index contributed by atoms with van der Waals surface area (Å²) in [5.41, 5.74) is 2.01. The van der Waals surface area contributed by atoms with Gasteiger partial charge < -0.3 is 24.3 Å². The summed E-state index contributed by atoms with van der Waals surface area (Å²) in [6, 6.07) is 15.6. The molecule has 3 rings (SSSR count). The number of amides is 2.